The van der Waals surface area contributed by atoms with Crippen LogP contribution in [0.3, 0.4) is 0 Å². The zero-order valence-electron chi connectivity index (χ0n) is 9.48. The van der Waals surface area contributed by atoms with E-state index < -0.39 is 5.97 Å². The molecule has 0 aliphatic heterocycles. The van der Waals surface area contributed by atoms with Gasteiger partial charge in [-0.1, -0.05) is 12.1 Å². The smallest absolute Gasteiger partial charge is 0.304 e. The number of carboxylic acid groups (broad SMARTS) is 1. The van der Waals surface area contributed by atoms with Crippen molar-refractivity contribution < 1.29 is 14.3 Å². The predicted molar refractivity (Wildman–Crippen MR) is 59.8 cm³/mol. The van der Waals surface area contributed by atoms with Crippen LogP contribution < -0.4 is 0 Å². The highest BCUT2D eigenvalue weighted by Crippen LogP contribution is 2.11. The fourth-order valence-corrected chi connectivity index (χ4v) is 1.57. The molecule has 1 aromatic carbocycles. The average molecular weight is 225 g/mol. The highest BCUT2D eigenvalue weighted by atomic mass is 19.1. The number of benzene rings is 1. The molecule has 3 nitrogen and oxygen atoms in total. The van der Waals surface area contributed by atoms with Gasteiger partial charge < -0.3 is 10.0 Å². The summed E-state index contributed by atoms with van der Waals surface area (Å²) in [6, 6.07) is 6.16. The number of halogens is 1. The number of hydrogen-bond donors (Lipinski definition) is 1. The first kappa shape index (κ1) is 12.6. The van der Waals surface area contributed by atoms with Crippen molar-refractivity contribution in [1.29, 1.82) is 0 Å². The monoisotopic (exact) mass is 225 g/mol. The van der Waals surface area contributed by atoms with Gasteiger partial charge in [-0.3, -0.25) is 4.79 Å². The topological polar surface area (TPSA) is 40.5 Å². The van der Waals surface area contributed by atoms with Crippen LogP contribution in [0.15, 0.2) is 24.3 Å². The van der Waals surface area contributed by atoms with E-state index in [1.165, 1.54) is 12.1 Å². The molecule has 16 heavy (non-hydrogen) atoms. The van der Waals surface area contributed by atoms with Crippen LogP contribution in [0.2, 0.25) is 0 Å². The van der Waals surface area contributed by atoms with Crippen molar-refractivity contribution in [2.24, 2.45) is 0 Å². The minimum Gasteiger partial charge on any atom is -0.481 e. The summed E-state index contributed by atoms with van der Waals surface area (Å²) in [7, 11) is 3.65. The van der Waals surface area contributed by atoms with Gasteiger partial charge in [0.1, 0.15) is 5.82 Å². The summed E-state index contributed by atoms with van der Waals surface area (Å²) in [5.41, 5.74) is 0.819. The second kappa shape index (κ2) is 5.61. The Balaban J connectivity index is 2.71. The lowest BCUT2D eigenvalue weighted by Gasteiger charge is -2.22. The quantitative estimate of drug-likeness (QED) is 0.830. The Kier molecular flexibility index (Phi) is 4.43. The molecular formula is C12H16FNO2. The van der Waals surface area contributed by atoms with Crippen LogP contribution in [0.25, 0.3) is 0 Å². The first-order valence-corrected chi connectivity index (χ1v) is 5.11. The van der Waals surface area contributed by atoms with E-state index in [2.05, 4.69) is 0 Å². The molecule has 0 fully saturated rings. The first-order chi connectivity index (χ1) is 7.49. The Bertz CT molecular complexity index is 366. The number of aliphatic carboxylic acids is 1. The van der Waals surface area contributed by atoms with E-state index in [0.29, 0.717) is 6.42 Å². The minimum atomic E-state index is -0.838. The fourth-order valence-electron chi connectivity index (χ4n) is 1.57. The van der Waals surface area contributed by atoms with Crippen LogP contribution in [0.1, 0.15) is 12.0 Å². The predicted octanol–water partition coefficient (Wildman–Crippen LogP) is 1.77. The van der Waals surface area contributed by atoms with Gasteiger partial charge in [0.2, 0.25) is 0 Å². The van der Waals surface area contributed by atoms with E-state index in [0.717, 1.165) is 5.56 Å². The fraction of sp³-hybridized carbons (Fsp3) is 0.417. The molecular weight excluding hydrogens is 209 g/mol. The van der Waals surface area contributed by atoms with Crippen LogP contribution >= 0.6 is 0 Å². The lowest BCUT2D eigenvalue weighted by atomic mass is 10.0. The van der Waals surface area contributed by atoms with Crippen LogP contribution in [0, 0.1) is 5.82 Å². The van der Waals surface area contributed by atoms with Crippen LogP contribution in [-0.2, 0) is 11.2 Å². The number of hydrogen-bond acceptors (Lipinski definition) is 2. The molecule has 88 valence electrons. The molecule has 0 aliphatic carbocycles. The molecule has 0 aromatic heterocycles. The zero-order chi connectivity index (χ0) is 12.1. The SMILES string of the molecule is CN(C)C(CC(=O)O)Cc1cccc(F)c1. The highest BCUT2D eigenvalue weighted by Gasteiger charge is 2.16. The maximum atomic E-state index is 13.0. The molecule has 0 aliphatic rings. The molecule has 0 spiro atoms. The van der Waals surface area contributed by atoms with Crippen molar-refractivity contribution in [2.75, 3.05) is 14.1 Å². The van der Waals surface area contributed by atoms with E-state index in [4.69, 9.17) is 5.11 Å². The summed E-state index contributed by atoms with van der Waals surface area (Å²) >= 11 is 0. The molecule has 0 amide bonds. The molecule has 1 atom stereocenters. The van der Waals surface area contributed by atoms with E-state index in [-0.39, 0.29) is 18.3 Å². The number of likely N-dealkylation sites (N-methyl/N-ethyl adjacent to an activating group) is 1. The third-order valence-corrected chi connectivity index (χ3v) is 2.50. The largest absolute Gasteiger partial charge is 0.481 e. The molecule has 1 N–H and O–H groups in total. The molecule has 1 unspecified atom stereocenters. The molecule has 0 radical (unpaired) electrons. The number of carbonyl (C=O) groups is 1. The molecule has 0 saturated carbocycles. The minimum absolute atomic E-state index is 0.0590. The van der Waals surface area contributed by atoms with E-state index >= 15 is 0 Å². The van der Waals surface area contributed by atoms with Crippen molar-refractivity contribution in [1.82, 2.24) is 4.90 Å². The van der Waals surface area contributed by atoms with Gasteiger partial charge in [0.05, 0.1) is 6.42 Å². The second-order valence-electron chi connectivity index (χ2n) is 4.05. The standard InChI is InChI=1S/C12H16FNO2/c1-14(2)11(8-12(15)16)7-9-4-3-5-10(13)6-9/h3-6,11H,7-8H2,1-2H3,(H,15,16). The summed E-state index contributed by atoms with van der Waals surface area (Å²) in [5.74, 6) is -1.12. The lowest BCUT2D eigenvalue weighted by molar-refractivity contribution is -0.138. The van der Waals surface area contributed by atoms with Gasteiger partial charge >= 0.3 is 5.97 Å². The summed E-state index contributed by atoms with van der Waals surface area (Å²) < 4.78 is 13.0. The molecule has 1 aromatic rings. The van der Waals surface area contributed by atoms with Gasteiger partial charge in [0.15, 0.2) is 0 Å². The van der Waals surface area contributed by atoms with Crippen LogP contribution in [0.4, 0.5) is 4.39 Å². The molecule has 1 rings (SSSR count). The third-order valence-electron chi connectivity index (χ3n) is 2.50. The molecule has 0 heterocycles. The Morgan fingerprint density at radius 3 is 2.69 bits per heavy atom. The van der Waals surface area contributed by atoms with Gasteiger partial charge in [0.25, 0.3) is 0 Å². The van der Waals surface area contributed by atoms with Crippen molar-refractivity contribution in [3.8, 4) is 0 Å². The third kappa shape index (κ3) is 3.98. The Labute approximate surface area is 94.5 Å². The molecule has 4 heteroatoms. The van der Waals surface area contributed by atoms with Gasteiger partial charge in [0, 0.05) is 6.04 Å². The van der Waals surface area contributed by atoms with Crippen LogP contribution in [-0.4, -0.2) is 36.1 Å². The van der Waals surface area contributed by atoms with E-state index in [1.807, 2.05) is 19.0 Å². The van der Waals surface area contributed by atoms with E-state index in [1.54, 1.807) is 12.1 Å². The number of nitrogens with zero attached hydrogens (tertiary/aromatic N) is 1. The maximum absolute atomic E-state index is 13.0. The van der Waals surface area contributed by atoms with Crippen molar-refractivity contribution in [3.63, 3.8) is 0 Å². The van der Waals surface area contributed by atoms with Crippen molar-refractivity contribution >= 4 is 5.97 Å². The Hall–Kier alpha value is -1.42. The van der Waals surface area contributed by atoms with E-state index in [9.17, 15) is 9.18 Å². The highest BCUT2D eigenvalue weighted by molar-refractivity contribution is 5.67. The summed E-state index contributed by atoms with van der Waals surface area (Å²) in [6.07, 6.45) is 0.598. The molecule has 0 bridgehead atoms. The normalized spacial score (nSPS) is 12.8. The summed E-state index contributed by atoms with van der Waals surface area (Å²) in [4.78, 5) is 12.5. The molecule has 0 saturated heterocycles. The lowest BCUT2D eigenvalue weighted by Crippen LogP contribution is -2.32. The van der Waals surface area contributed by atoms with Crippen molar-refractivity contribution in [3.05, 3.63) is 35.6 Å². The van der Waals surface area contributed by atoms with Crippen LogP contribution in [0.5, 0.6) is 0 Å². The first-order valence-electron chi connectivity index (χ1n) is 5.11. The van der Waals surface area contributed by atoms with Gasteiger partial charge in [-0.2, -0.15) is 0 Å². The van der Waals surface area contributed by atoms with Gasteiger partial charge in [-0.05, 0) is 38.2 Å². The van der Waals surface area contributed by atoms with Gasteiger partial charge in [-0.25, -0.2) is 4.39 Å². The average Bonchev–Trinajstić information content (AvgIpc) is 2.15. The number of carboxylic acids is 1. The van der Waals surface area contributed by atoms with Crippen molar-refractivity contribution in [2.45, 2.75) is 18.9 Å². The Morgan fingerprint density at radius 1 is 1.50 bits per heavy atom. The summed E-state index contributed by atoms with van der Waals surface area (Å²) in [5, 5.41) is 8.76. The number of rotatable bonds is 5. The zero-order valence-corrected chi connectivity index (χ0v) is 9.48. The maximum Gasteiger partial charge on any atom is 0.304 e. The van der Waals surface area contributed by atoms with Gasteiger partial charge in [-0.15, -0.1) is 0 Å². The second-order valence-corrected chi connectivity index (χ2v) is 4.05. The Morgan fingerprint density at radius 2 is 2.19 bits per heavy atom. The summed E-state index contributed by atoms with van der Waals surface area (Å²) in [6.45, 7) is 0.